The Balaban J connectivity index is 1.68. The Morgan fingerprint density at radius 1 is 0.704 bits per heavy atom. The number of hydrogen-bond donors (Lipinski definition) is 1. The van der Waals surface area contributed by atoms with Crippen LogP contribution in [0.5, 0.6) is 23.0 Å². The zero-order valence-electron chi connectivity index (χ0n) is 14.4. The molecule has 0 fully saturated rings. The molecule has 0 spiro atoms. The molecule has 136 valence electrons. The Hall–Kier alpha value is -3.80. The molecule has 0 aliphatic rings. The molecule has 0 aromatic heterocycles. The van der Waals surface area contributed by atoms with Crippen LogP contribution < -0.4 is 14.2 Å². The second-order valence-electron chi connectivity index (χ2n) is 5.53. The molecule has 0 radical (unpaired) electrons. The highest BCUT2D eigenvalue weighted by Crippen LogP contribution is 2.22. The van der Waals surface area contributed by atoms with Crippen LogP contribution in [0.1, 0.15) is 20.7 Å². The first-order valence-corrected chi connectivity index (χ1v) is 8.02. The maximum atomic E-state index is 12.2. The summed E-state index contributed by atoms with van der Waals surface area (Å²) in [5, 5.41) is 9.26. The lowest BCUT2D eigenvalue weighted by molar-refractivity contribution is 0.0733. The zero-order chi connectivity index (χ0) is 19.2. The molecule has 0 amide bonds. The van der Waals surface area contributed by atoms with Crippen LogP contribution in [0, 0.1) is 0 Å². The molecule has 27 heavy (non-hydrogen) atoms. The first-order valence-electron chi connectivity index (χ1n) is 8.02. The predicted octanol–water partition coefficient (Wildman–Crippen LogP) is 3.84. The van der Waals surface area contributed by atoms with Crippen molar-refractivity contribution in [3.63, 3.8) is 0 Å². The molecule has 6 heteroatoms. The highest BCUT2D eigenvalue weighted by atomic mass is 16.5. The molecular formula is C21H16O6. The maximum Gasteiger partial charge on any atom is 0.343 e. The average molecular weight is 364 g/mol. The number of carbonyl (C=O) groups is 2. The first-order chi connectivity index (χ1) is 13.0. The van der Waals surface area contributed by atoms with Crippen LogP contribution in [0.2, 0.25) is 0 Å². The molecule has 1 N–H and O–H groups in total. The van der Waals surface area contributed by atoms with E-state index in [1.165, 1.54) is 37.4 Å². The van der Waals surface area contributed by atoms with Crippen molar-refractivity contribution in [1.82, 2.24) is 0 Å². The highest BCUT2D eigenvalue weighted by molar-refractivity contribution is 5.92. The summed E-state index contributed by atoms with van der Waals surface area (Å²) < 4.78 is 15.6. The highest BCUT2D eigenvalue weighted by Gasteiger charge is 2.12. The van der Waals surface area contributed by atoms with Crippen molar-refractivity contribution in [1.29, 1.82) is 0 Å². The Morgan fingerprint density at radius 2 is 1.19 bits per heavy atom. The van der Waals surface area contributed by atoms with E-state index in [0.717, 1.165) is 0 Å². The van der Waals surface area contributed by atoms with Gasteiger partial charge in [0.25, 0.3) is 0 Å². The number of aromatic hydroxyl groups is 1. The van der Waals surface area contributed by atoms with Gasteiger partial charge in [-0.25, -0.2) is 9.59 Å². The molecule has 0 aliphatic carbocycles. The lowest BCUT2D eigenvalue weighted by Crippen LogP contribution is -2.10. The van der Waals surface area contributed by atoms with Crippen LogP contribution in [0.3, 0.4) is 0 Å². The zero-order valence-corrected chi connectivity index (χ0v) is 14.4. The fraction of sp³-hybridized carbons (Fsp3) is 0.0476. The smallest absolute Gasteiger partial charge is 0.343 e. The quantitative estimate of drug-likeness (QED) is 0.547. The van der Waals surface area contributed by atoms with Crippen LogP contribution in [-0.2, 0) is 0 Å². The molecule has 0 aliphatic heterocycles. The predicted molar refractivity (Wildman–Crippen MR) is 97.5 cm³/mol. The normalized spacial score (nSPS) is 10.1. The van der Waals surface area contributed by atoms with E-state index in [0.29, 0.717) is 11.3 Å². The second-order valence-corrected chi connectivity index (χ2v) is 5.53. The van der Waals surface area contributed by atoms with E-state index in [4.69, 9.17) is 14.2 Å². The number of phenolic OH excluding ortho intramolecular Hbond substituents is 1. The van der Waals surface area contributed by atoms with Gasteiger partial charge in [0.1, 0.15) is 23.0 Å². The lowest BCUT2D eigenvalue weighted by Gasteiger charge is -2.08. The van der Waals surface area contributed by atoms with Crippen LogP contribution in [-0.4, -0.2) is 24.2 Å². The summed E-state index contributed by atoms with van der Waals surface area (Å²) in [4.78, 5) is 24.3. The minimum Gasteiger partial charge on any atom is -0.508 e. The number of carbonyl (C=O) groups excluding carboxylic acids is 2. The number of methoxy groups -OCH3 is 1. The average Bonchev–Trinajstić information content (AvgIpc) is 2.68. The van der Waals surface area contributed by atoms with Gasteiger partial charge in [0.15, 0.2) is 0 Å². The standard InChI is InChI=1S/C21H16O6/c1-25-17-11-7-15(8-12-17)21(24)27-19-4-2-3-18(13-19)26-20(23)14-5-9-16(22)10-6-14/h2-13,22H,1H3. The van der Waals surface area contributed by atoms with E-state index in [-0.39, 0.29) is 22.8 Å². The van der Waals surface area contributed by atoms with Crippen molar-refractivity contribution in [2.24, 2.45) is 0 Å². The monoisotopic (exact) mass is 364 g/mol. The molecule has 0 saturated carbocycles. The van der Waals surface area contributed by atoms with Crippen molar-refractivity contribution in [2.75, 3.05) is 7.11 Å². The minimum atomic E-state index is -0.589. The molecule has 0 heterocycles. The number of rotatable bonds is 5. The van der Waals surface area contributed by atoms with Crippen LogP contribution >= 0.6 is 0 Å². The molecule has 3 aromatic carbocycles. The van der Waals surface area contributed by atoms with Crippen molar-refractivity contribution in [3.8, 4) is 23.0 Å². The van der Waals surface area contributed by atoms with E-state index in [1.807, 2.05) is 0 Å². The Kier molecular flexibility index (Phi) is 5.37. The molecule has 3 aromatic rings. The van der Waals surface area contributed by atoms with Crippen molar-refractivity contribution in [3.05, 3.63) is 83.9 Å². The fourth-order valence-corrected chi connectivity index (χ4v) is 2.26. The van der Waals surface area contributed by atoms with Gasteiger partial charge in [0.05, 0.1) is 18.2 Å². The Bertz CT molecular complexity index is 945. The van der Waals surface area contributed by atoms with Gasteiger partial charge < -0.3 is 19.3 Å². The van der Waals surface area contributed by atoms with E-state index < -0.39 is 11.9 Å². The molecule has 0 saturated heterocycles. The Labute approximate surface area is 155 Å². The van der Waals surface area contributed by atoms with Crippen LogP contribution in [0.4, 0.5) is 0 Å². The summed E-state index contributed by atoms with van der Waals surface area (Å²) >= 11 is 0. The summed E-state index contributed by atoms with van der Waals surface area (Å²) in [5.41, 5.74) is 0.649. The summed E-state index contributed by atoms with van der Waals surface area (Å²) in [6, 6.07) is 18.4. The van der Waals surface area contributed by atoms with E-state index >= 15 is 0 Å². The van der Waals surface area contributed by atoms with E-state index in [1.54, 1.807) is 42.5 Å². The lowest BCUT2D eigenvalue weighted by atomic mass is 10.2. The van der Waals surface area contributed by atoms with Crippen molar-refractivity contribution >= 4 is 11.9 Å². The number of ether oxygens (including phenoxy) is 3. The third-order valence-corrected chi connectivity index (χ3v) is 3.66. The maximum absolute atomic E-state index is 12.2. The second kappa shape index (κ2) is 8.05. The number of phenols is 1. The van der Waals surface area contributed by atoms with Crippen LogP contribution in [0.25, 0.3) is 0 Å². The third kappa shape index (κ3) is 4.64. The molecule has 6 nitrogen and oxygen atoms in total. The topological polar surface area (TPSA) is 82.1 Å². The number of hydrogen-bond acceptors (Lipinski definition) is 6. The summed E-state index contributed by atoms with van der Waals surface area (Å²) in [6.45, 7) is 0. The van der Waals surface area contributed by atoms with Gasteiger partial charge in [-0.15, -0.1) is 0 Å². The van der Waals surface area contributed by atoms with Gasteiger partial charge in [0, 0.05) is 6.07 Å². The third-order valence-electron chi connectivity index (χ3n) is 3.66. The summed E-state index contributed by atoms with van der Waals surface area (Å²) in [5.74, 6) is 0.0295. The number of esters is 2. The fourth-order valence-electron chi connectivity index (χ4n) is 2.26. The minimum absolute atomic E-state index is 0.0546. The summed E-state index contributed by atoms with van der Waals surface area (Å²) in [6.07, 6.45) is 0. The van der Waals surface area contributed by atoms with Gasteiger partial charge in [-0.3, -0.25) is 0 Å². The molecule has 3 rings (SSSR count). The van der Waals surface area contributed by atoms with Gasteiger partial charge >= 0.3 is 11.9 Å². The van der Waals surface area contributed by atoms with Gasteiger partial charge in [-0.05, 0) is 60.7 Å². The van der Waals surface area contributed by atoms with Gasteiger partial charge in [0.2, 0.25) is 0 Å². The molecular weight excluding hydrogens is 348 g/mol. The molecule has 0 unspecified atom stereocenters. The van der Waals surface area contributed by atoms with Crippen molar-refractivity contribution < 1.29 is 28.9 Å². The van der Waals surface area contributed by atoms with E-state index in [9.17, 15) is 14.7 Å². The number of benzene rings is 3. The molecule has 0 atom stereocenters. The first kappa shape index (κ1) is 18.0. The summed E-state index contributed by atoms with van der Waals surface area (Å²) in [7, 11) is 1.54. The van der Waals surface area contributed by atoms with Crippen molar-refractivity contribution in [2.45, 2.75) is 0 Å². The van der Waals surface area contributed by atoms with Crippen LogP contribution in [0.15, 0.2) is 72.8 Å². The van der Waals surface area contributed by atoms with Gasteiger partial charge in [-0.2, -0.15) is 0 Å². The SMILES string of the molecule is COc1ccc(C(=O)Oc2cccc(OC(=O)c3ccc(O)cc3)c2)cc1. The van der Waals surface area contributed by atoms with Gasteiger partial charge in [-0.1, -0.05) is 6.07 Å². The largest absolute Gasteiger partial charge is 0.508 e. The molecule has 0 bridgehead atoms. The Morgan fingerprint density at radius 3 is 1.67 bits per heavy atom. The van der Waals surface area contributed by atoms with E-state index in [2.05, 4.69) is 0 Å².